The number of H-pyrrole nitrogens is 1. The van der Waals surface area contributed by atoms with Crippen molar-refractivity contribution in [3.8, 4) is 17.6 Å². The highest BCUT2D eigenvalue weighted by atomic mass is 35.5. The van der Waals surface area contributed by atoms with Crippen LogP contribution in [0.4, 0.5) is 13.2 Å². The van der Waals surface area contributed by atoms with Gasteiger partial charge in [0.25, 0.3) is 9.84 Å². The van der Waals surface area contributed by atoms with Gasteiger partial charge < -0.3 is 4.74 Å². The Kier molecular flexibility index (Phi) is 4.29. The summed E-state index contributed by atoms with van der Waals surface area (Å²) in [5.74, 6) is 0.198. The molecular weight excluding hydrogens is 395 g/mol. The van der Waals surface area contributed by atoms with E-state index in [2.05, 4.69) is 10.2 Å². The highest BCUT2D eigenvalue weighted by Gasteiger charge is 2.48. The van der Waals surface area contributed by atoms with E-state index in [-0.39, 0.29) is 22.0 Å². The van der Waals surface area contributed by atoms with Crippen LogP contribution in [-0.2, 0) is 9.84 Å². The molecular formula is C15H7ClF3N3O3S. The molecule has 0 saturated carbocycles. The van der Waals surface area contributed by atoms with E-state index in [4.69, 9.17) is 21.6 Å². The number of ether oxygens (including phenoxy) is 1. The topological polar surface area (TPSA) is 95.8 Å². The average Bonchev–Trinajstić information content (AvgIpc) is 2.96. The number of benzene rings is 2. The highest BCUT2D eigenvalue weighted by molar-refractivity contribution is 7.92. The van der Waals surface area contributed by atoms with E-state index in [1.165, 1.54) is 18.2 Å². The Hall–Kier alpha value is -2.77. The molecule has 1 N–H and O–H groups in total. The van der Waals surface area contributed by atoms with Gasteiger partial charge in [-0.15, -0.1) is 0 Å². The van der Waals surface area contributed by atoms with Crippen molar-refractivity contribution in [2.45, 2.75) is 10.4 Å². The van der Waals surface area contributed by atoms with Crippen LogP contribution in [0.15, 0.2) is 41.3 Å². The second kappa shape index (κ2) is 6.19. The molecule has 26 heavy (non-hydrogen) atoms. The van der Waals surface area contributed by atoms with E-state index in [0.29, 0.717) is 5.56 Å². The fraction of sp³-hybridized carbons (Fsp3) is 0.0667. The Morgan fingerprint density at radius 3 is 2.62 bits per heavy atom. The van der Waals surface area contributed by atoms with Gasteiger partial charge in [-0.3, -0.25) is 5.10 Å². The minimum Gasteiger partial charge on any atom is -0.456 e. The number of fused-ring (bicyclic) bond motifs is 1. The Morgan fingerprint density at radius 1 is 1.23 bits per heavy atom. The number of nitrogens with zero attached hydrogens (tertiary/aromatic N) is 2. The van der Waals surface area contributed by atoms with Gasteiger partial charge >= 0.3 is 5.51 Å². The molecule has 0 aliphatic heterocycles. The van der Waals surface area contributed by atoms with Crippen molar-refractivity contribution in [1.82, 2.24) is 10.2 Å². The van der Waals surface area contributed by atoms with Gasteiger partial charge in [0.1, 0.15) is 16.4 Å². The smallest absolute Gasteiger partial charge is 0.456 e. The summed E-state index contributed by atoms with van der Waals surface area (Å²) in [6.07, 6.45) is 0. The normalized spacial score (nSPS) is 12.1. The molecule has 0 unspecified atom stereocenters. The van der Waals surface area contributed by atoms with Crippen molar-refractivity contribution in [2.75, 3.05) is 0 Å². The molecule has 0 aliphatic carbocycles. The average molecular weight is 402 g/mol. The zero-order chi connectivity index (χ0) is 19.1. The van der Waals surface area contributed by atoms with Crippen molar-refractivity contribution in [3.05, 3.63) is 47.1 Å². The summed E-state index contributed by atoms with van der Waals surface area (Å²) >= 11 is 5.89. The molecule has 2 aromatic carbocycles. The molecule has 0 saturated heterocycles. The zero-order valence-electron chi connectivity index (χ0n) is 12.5. The Balaban J connectivity index is 2.17. The fourth-order valence-electron chi connectivity index (χ4n) is 2.23. The summed E-state index contributed by atoms with van der Waals surface area (Å²) < 4.78 is 67.6. The van der Waals surface area contributed by atoms with Crippen molar-refractivity contribution in [3.63, 3.8) is 0 Å². The predicted molar refractivity (Wildman–Crippen MR) is 85.6 cm³/mol. The van der Waals surface area contributed by atoms with Gasteiger partial charge in [-0.1, -0.05) is 17.7 Å². The maximum Gasteiger partial charge on any atom is 0.501 e. The van der Waals surface area contributed by atoms with Crippen LogP contribution in [0.5, 0.6) is 11.5 Å². The van der Waals surface area contributed by atoms with Crippen LogP contribution in [0, 0.1) is 11.3 Å². The van der Waals surface area contributed by atoms with Gasteiger partial charge in [-0.25, -0.2) is 8.42 Å². The van der Waals surface area contributed by atoms with Crippen molar-refractivity contribution in [2.24, 2.45) is 0 Å². The first kappa shape index (κ1) is 18.0. The third kappa shape index (κ3) is 2.95. The lowest BCUT2D eigenvalue weighted by molar-refractivity contribution is -0.0435. The number of aromatic nitrogens is 2. The molecule has 0 bridgehead atoms. The molecule has 0 radical (unpaired) electrons. The van der Waals surface area contributed by atoms with Crippen LogP contribution in [0.3, 0.4) is 0 Å². The van der Waals surface area contributed by atoms with E-state index in [1.807, 2.05) is 6.07 Å². The molecule has 3 aromatic rings. The monoisotopic (exact) mass is 401 g/mol. The quantitative estimate of drug-likeness (QED) is 0.710. The fourth-order valence-corrected chi connectivity index (χ4v) is 3.37. The predicted octanol–water partition coefficient (Wildman–Crippen LogP) is 4.17. The van der Waals surface area contributed by atoms with Gasteiger partial charge in [0.15, 0.2) is 5.15 Å². The van der Waals surface area contributed by atoms with Gasteiger partial charge in [-0.2, -0.15) is 23.5 Å². The standard InChI is InChI=1S/C15H7ClF3N3O3S/c16-14-12-10(25-9-3-1-2-8(6-9)7-20)4-5-11(13(12)21-22-14)26(23,24)15(17,18)19/h1-6H,(H,21,22). The summed E-state index contributed by atoms with van der Waals surface area (Å²) in [5.41, 5.74) is -5.62. The van der Waals surface area contributed by atoms with E-state index in [0.717, 1.165) is 12.1 Å². The molecule has 0 fully saturated rings. The third-order valence-electron chi connectivity index (χ3n) is 3.39. The van der Waals surface area contributed by atoms with E-state index in [1.54, 1.807) is 6.07 Å². The SMILES string of the molecule is N#Cc1cccc(Oc2ccc(S(=O)(=O)C(F)(F)F)c3[nH]nc(Cl)c23)c1. The lowest BCUT2D eigenvalue weighted by atomic mass is 10.2. The van der Waals surface area contributed by atoms with Crippen LogP contribution in [0.2, 0.25) is 5.15 Å². The molecule has 0 aliphatic rings. The molecule has 0 spiro atoms. The van der Waals surface area contributed by atoms with E-state index >= 15 is 0 Å². The number of sulfone groups is 1. The molecule has 134 valence electrons. The second-order valence-corrected chi connectivity index (χ2v) is 7.28. The number of halogens is 4. The minimum absolute atomic E-state index is 0.0186. The van der Waals surface area contributed by atoms with Gasteiger partial charge in [0.2, 0.25) is 0 Å². The van der Waals surface area contributed by atoms with Crippen LogP contribution in [-0.4, -0.2) is 24.1 Å². The largest absolute Gasteiger partial charge is 0.501 e. The maximum absolute atomic E-state index is 12.9. The molecule has 3 rings (SSSR count). The Labute approximate surface area is 149 Å². The number of aromatic amines is 1. The lowest BCUT2D eigenvalue weighted by Gasteiger charge is -2.12. The second-order valence-electron chi connectivity index (χ2n) is 5.02. The summed E-state index contributed by atoms with van der Waals surface area (Å²) in [4.78, 5) is -1.02. The highest BCUT2D eigenvalue weighted by Crippen LogP contribution is 2.40. The summed E-state index contributed by atoms with van der Waals surface area (Å²) in [5, 5.41) is 14.3. The molecule has 0 atom stereocenters. The molecule has 0 amide bonds. The number of rotatable bonds is 3. The minimum atomic E-state index is -5.62. The van der Waals surface area contributed by atoms with Gasteiger partial charge in [0, 0.05) is 0 Å². The summed E-state index contributed by atoms with van der Waals surface area (Å²) in [6, 6.07) is 9.71. The Bertz CT molecular complexity index is 1150. The Morgan fingerprint density at radius 2 is 1.96 bits per heavy atom. The lowest BCUT2D eigenvalue weighted by Crippen LogP contribution is -2.23. The third-order valence-corrected chi connectivity index (χ3v) is 5.19. The van der Waals surface area contributed by atoms with E-state index in [9.17, 15) is 21.6 Å². The van der Waals surface area contributed by atoms with Crippen molar-refractivity contribution in [1.29, 1.82) is 5.26 Å². The van der Waals surface area contributed by atoms with Crippen LogP contribution >= 0.6 is 11.6 Å². The molecule has 11 heteroatoms. The summed E-state index contributed by atoms with van der Waals surface area (Å²) in [7, 11) is -5.62. The molecule has 6 nitrogen and oxygen atoms in total. The number of hydrogen-bond donors (Lipinski definition) is 1. The zero-order valence-corrected chi connectivity index (χ0v) is 14.1. The van der Waals surface area contributed by atoms with E-state index < -0.39 is 25.8 Å². The number of nitrogens with one attached hydrogen (secondary N) is 1. The number of hydrogen-bond acceptors (Lipinski definition) is 5. The van der Waals surface area contributed by atoms with Gasteiger partial charge in [-0.05, 0) is 30.3 Å². The van der Waals surface area contributed by atoms with Crippen LogP contribution in [0.25, 0.3) is 10.9 Å². The van der Waals surface area contributed by atoms with Crippen molar-refractivity contribution < 1.29 is 26.3 Å². The first-order chi connectivity index (χ1) is 12.1. The molecule has 1 aromatic heterocycles. The summed E-state index contributed by atoms with van der Waals surface area (Å²) in [6.45, 7) is 0. The first-order valence-electron chi connectivity index (χ1n) is 6.81. The number of nitriles is 1. The molecule has 1 heterocycles. The maximum atomic E-state index is 12.9. The van der Waals surface area contributed by atoms with Crippen molar-refractivity contribution >= 4 is 32.3 Å². The van der Waals surface area contributed by atoms with Gasteiger partial charge in [0.05, 0.1) is 22.5 Å². The number of alkyl halides is 3. The van der Waals surface area contributed by atoms with Crippen LogP contribution < -0.4 is 4.74 Å². The van der Waals surface area contributed by atoms with Crippen LogP contribution in [0.1, 0.15) is 5.56 Å². The first-order valence-corrected chi connectivity index (χ1v) is 8.67.